The van der Waals surface area contributed by atoms with Gasteiger partial charge in [0.15, 0.2) is 5.13 Å². The fourth-order valence-corrected chi connectivity index (χ4v) is 3.23. The van der Waals surface area contributed by atoms with Gasteiger partial charge >= 0.3 is 0 Å². The van der Waals surface area contributed by atoms with Crippen LogP contribution in [0.1, 0.15) is 35.9 Å². The van der Waals surface area contributed by atoms with Gasteiger partial charge in [-0.15, -0.1) is 11.3 Å². The number of anilines is 1. The molecule has 2 rings (SSSR count). The van der Waals surface area contributed by atoms with Crippen LogP contribution in [0.4, 0.5) is 5.13 Å². The molecular formula is C12H20N2O2S. The number of hydrogen-bond donors (Lipinski definition) is 1. The number of fused-ring (bicyclic) bond motifs is 1. The monoisotopic (exact) mass is 256 g/mol. The molecule has 1 unspecified atom stereocenters. The van der Waals surface area contributed by atoms with E-state index in [9.17, 15) is 5.11 Å². The van der Waals surface area contributed by atoms with E-state index in [2.05, 4.69) is 9.88 Å². The predicted molar refractivity (Wildman–Crippen MR) is 69.8 cm³/mol. The Hall–Kier alpha value is -0.650. The smallest absolute Gasteiger partial charge is 0.185 e. The molecule has 4 nitrogen and oxygen atoms in total. The maximum atomic E-state index is 9.88. The lowest BCUT2D eigenvalue weighted by Gasteiger charge is -2.15. The van der Waals surface area contributed by atoms with Crippen LogP contribution in [0.3, 0.4) is 0 Å². The number of aryl methyl sites for hydroxylation is 1. The number of rotatable bonds is 5. The lowest BCUT2D eigenvalue weighted by molar-refractivity contribution is 0.153. The van der Waals surface area contributed by atoms with Crippen LogP contribution in [-0.4, -0.2) is 37.4 Å². The molecule has 1 aliphatic carbocycles. The standard InChI is InChI=1S/C12H20N2O2S/c1-14(7-4-8-16-2)12-13-11-9(15)5-3-6-10(11)17-12/h9,15H,3-8H2,1-2H3. The van der Waals surface area contributed by atoms with Crippen LogP contribution < -0.4 is 4.90 Å². The minimum atomic E-state index is -0.351. The molecule has 1 aliphatic rings. The van der Waals surface area contributed by atoms with Crippen LogP contribution in [-0.2, 0) is 11.2 Å². The molecule has 96 valence electrons. The first-order valence-corrected chi connectivity index (χ1v) is 6.91. The van der Waals surface area contributed by atoms with Gasteiger partial charge in [-0.05, 0) is 25.7 Å². The summed E-state index contributed by atoms with van der Waals surface area (Å²) in [6, 6.07) is 0. The molecule has 0 bridgehead atoms. The van der Waals surface area contributed by atoms with Crippen molar-refractivity contribution in [2.75, 3.05) is 32.2 Å². The zero-order valence-electron chi connectivity index (χ0n) is 10.5. The van der Waals surface area contributed by atoms with Crippen LogP contribution in [0.25, 0.3) is 0 Å². The molecule has 0 saturated carbocycles. The van der Waals surface area contributed by atoms with Crippen molar-refractivity contribution in [3.63, 3.8) is 0 Å². The Kier molecular flexibility index (Phi) is 4.36. The lowest BCUT2D eigenvalue weighted by atomic mass is 10.0. The zero-order chi connectivity index (χ0) is 12.3. The van der Waals surface area contributed by atoms with Crippen molar-refractivity contribution in [1.29, 1.82) is 0 Å². The summed E-state index contributed by atoms with van der Waals surface area (Å²) in [4.78, 5) is 7.97. The molecule has 0 fully saturated rings. The maximum Gasteiger partial charge on any atom is 0.185 e. The Labute approximate surface area is 106 Å². The second-order valence-electron chi connectivity index (χ2n) is 4.48. The zero-order valence-corrected chi connectivity index (χ0v) is 11.3. The van der Waals surface area contributed by atoms with Gasteiger partial charge in [-0.3, -0.25) is 0 Å². The average Bonchev–Trinajstić information content (AvgIpc) is 2.75. The summed E-state index contributed by atoms with van der Waals surface area (Å²) in [6.45, 7) is 1.72. The molecule has 0 spiro atoms. The number of aliphatic hydroxyl groups excluding tert-OH is 1. The van der Waals surface area contributed by atoms with Gasteiger partial charge < -0.3 is 14.7 Å². The molecule has 1 atom stereocenters. The molecule has 1 N–H and O–H groups in total. The Morgan fingerprint density at radius 3 is 3.12 bits per heavy atom. The van der Waals surface area contributed by atoms with Gasteiger partial charge in [0.2, 0.25) is 0 Å². The molecule has 0 saturated heterocycles. The van der Waals surface area contributed by atoms with E-state index in [1.165, 1.54) is 4.88 Å². The van der Waals surface area contributed by atoms with Crippen LogP contribution in [0.5, 0.6) is 0 Å². The Morgan fingerprint density at radius 1 is 1.59 bits per heavy atom. The van der Waals surface area contributed by atoms with Crippen molar-refractivity contribution in [3.8, 4) is 0 Å². The van der Waals surface area contributed by atoms with Gasteiger partial charge in [0.05, 0.1) is 11.8 Å². The highest BCUT2D eigenvalue weighted by atomic mass is 32.1. The topological polar surface area (TPSA) is 45.6 Å². The summed E-state index contributed by atoms with van der Waals surface area (Å²) < 4.78 is 5.04. The number of methoxy groups -OCH3 is 1. The minimum absolute atomic E-state index is 0.351. The predicted octanol–water partition coefficient (Wildman–Crippen LogP) is 1.99. The fraction of sp³-hybridized carbons (Fsp3) is 0.750. The summed E-state index contributed by atoms with van der Waals surface area (Å²) in [5.74, 6) is 0. The van der Waals surface area contributed by atoms with Crippen molar-refractivity contribution < 1.29 is 9.84 Å². The van der Waals surface area contributed by atoms with Crippen LogP contribution >= 0.6 is 11.3 Å². The van der Waals surface area contributed by atoms with Crippen molar-refractivity contribution in [3.05, 3.63) is 10.6 Å². The first-order valence-electron chi connectivity index (χ1n) is 6.10. The third kappa shape index (κ3) is 2.97. The third-order valence-electron chi connectivity index (χ3n) is 3.08. The van der Waals surface area contributed by atoms with Crippen molar-refractivity contribution in [1.82, 2.24) is 4.98 Å². The molecular weight excluding hydrogens is 236 g/mol. The first-order chi connectivity index (χ1) is 8.22. The number of hydrogen-bond acceptors (Lipinski definition) is 5. The average molecular weight is 256 g/mol. The molecule has 0 aromatic carbocycles. The van der Waals surface area contributed by atoms with E-state index in [0.29, 0.717) is 0 Å². The molecule has 1 heterocycles. The molecule has 0 radical (unpaired) electrons. The highest BCUT2D eigenvalue weighted by molar-refractivity contribution is 7.15. The van der Waals surface area contributed by atoms with E-state index in [-0.39, 0.29) is 6.10 Å². The van der Waals surface area contributed by atoms with Crippen molar-refractivity contribution >= 4 is 16.5 Å². The number of aliphatic hydroxyl groups is 1. The fourth-order valence-electron chi connectivity index (χ4n) is 2.09. The number of aromatic nitrogens is 1. The summed E-state index contributed by atoms with van der Waals surface area (Å²) in [7, 11) is 3.77. The summed E-state index contributed by atoms with van der Waals surface area (Å²) >= 11 is 1.72. The normalized spacial score (nSPS) is 19.1. The number of nitrogens with zero attached hydrogens (tertiary/aromatic N) is 2. The SMILES string of the molecule is COCCCN(C)c1nc2c(s1)CCCC2O. The quantitative estimate of drug-likeness (QED) is 0.818. The van der Waals surface area contributed by atoms with Gasteiger partial charge in [0, 0.05) is 32.2 Å². The van der Waals surface area contributed by atoms with Crippen LogP contribution in [0, 0.1) is 0 Å². The van der Waals surface area contributed by atoms with E-state index in [0.717, 1.165) is 49.7 Å². The largest absolute Gasteiger partial charge is 0.387 e. The van der Waals surface area contributed by atoms with Gasteiger partial charge in [-0.1, -0.05) is 0 Å². The first kappa shape index (κ1) is 12.8. The van der Waals surface area contributed by atoms with Crippen LogP contribution in [0.2, 0.25) is 0 Å². The Bertz CT molecular complexity index is 367. The van der Waals surface area contributed by atoms with E-state index >= 15 is 0 Å². The molecule has 5 heteroatoms. The summed E-state index contributed by atoms with van der Waals surface area (Å²) in [5.41, 5.74) is 0.912. The molecule has 1 aromatic rings. The second kappa shape index (κ2) is 5.80. The Balaban J connectivity index is 2.01. The number of ether oxygens (including phenoxy) is 1. The molecule has 17 heavy (non-hydrogen) atoms. The van der Waals surface area contributed by atoms with Gasteiger partial charge in [0.1, 0.15) is 0 Å². The van der Waals surface area contributed by atoms with Crippen molar-refractivity contribution in [2.24, 2.45) is 0 Å². The van der Waals surface area contributed by atoms with Gasteiger partial charge in [0.25, 0.3) is 0 Å². The molecule has 0 aliphatic heterocycles. The summed E-state index contributed by atoms with van der Waals surface area (Å²) in [6.07, 6.45) is 3.64. The van der Waals surface area contributed by atoms with Gasteiger partial charge in [-0.2, -0.15) is 0 Å². The summed E-state index contributed by atoms with van der Waals surface area (Å²) in [5, 5.41) is 10.9. The highest BCUT2D eigenvalue weighted by Gasteiger charge is 2.23. The number of thiazole rings is 1. The third-order valence-corrected chi connectivity index (χ3v) is 4.33. The van der Waals surface area contributed by atoms with Crippen molar-refractivity contribution in [2.45, 2.75) is 31.8 Å². The van der Waals surface area contributed by atoms with Gasteiger partial charge in [-0.25, -0.2) is 4.98 Å². The van der Waals surface area contributed by atoms with E-state index < -0.39 is 0 Å². The van der Waals surface area contributed by atoms with E-state index in [1.807, 2.05) is 7.05 Å². The van der Waals surface area contributed by atoms with E-state index in [1.54, 1.807) is 18.4 Å². The molecule has 0 amide bonds. The minimum Gasteiger partial charge on any atom is -0.387 e. The van der Waals surface area contributed by atoms with Crippen LogP contribution in [0.15, 0.2) is 0 Å². The van der Waals surface area contributed by atoms with E-state index in [4.69, 9.17) is 4.74 Å². The Morgan fingerprint density at radius 2 is 2.41 bits per heavy atom. The molecule has 1 aromatic heterocycles. The maximum absolute atomic E-state index is 9.88. The second-order valence-corrected chi connectivity index (χ2v) is 5.54. The lowest BCUT2D eigenvalue weighted by Crippen LogP contribution is -2.19. The highest BCUT2D eigenvalue weighted by Crippen LogP contribution is 2.36.